The third-order valence-corrected chi connectivity index (χ3v) is 2.58. The molecule has 0 fully saturated rings. The van der Waals surface area contributed by atoms with Crippen molar-refractivity contribution in [2.45, 2.75) is 19.9 Å². The van der Waals surface area contributed by atoms with Crippen molar-refractivity contribution in [2.75, 3.05) is 0 Å². The van der Waals surface area contributed by atoms with Crippen molar-refractivity contribution in [3.63, 3.8) is 0 Å². The lowest BCUT2D eigenvalue weighted by atomic mass is 10.2. The van der Waals surface area contributed by atoms with Gasteiger partial charge >= 0.3 is 11.2 Å². The van der Waals surface area contributed by atoms with Crippen LogP contribution in [0.4, 0.5) is 0 Å². The Kier molecular flexibility index (Phi) is 2.63. The molecular weight excluding hydrogens is 224 g/mol. The molecule has 1 aromatic heterocycles. The van der Waals surface area contributed by atoms with Crippen molar-refractivity contribution >= 4 is 10.9 Å². The zero-order valence-electron chi connectivity index (χ0n) is 9.25. The van der Waals surface area contributed by atoms with E-state index in [1.807, 2.05) is 6.92 Å². The molecule has 2 N–H and O–H groups in total. The number of aromatic nitrogens is 2. The second kappa shape index (κ2) is 3.97. The average molecular weight is 236 g/mol. The van der Waals surface area contributed by atoms with Gasteiger partial charge in [0.2, 0.25) is 0 Å². The normalized spacial score (nSPS) is 10.9. The van der Waals surface area contributed by atoms with Crippen LogP contribution in [0.5, 0.6) is 5.75 Å². The maximum atomic E-state index is 11.7. The van der Waals surface area contributed by atoms with E-state index >= 15 is 0 Å². The van der Waals surface area contributed by atoms with Crippen LogP contribution in [0.15, 0.2) is 27.8 Å². The summed E-state index contributed by atoms with van der Waals surface area (Å²) in [6.07, 6.45) is 0.670. The number of phenolic OH excluding ortho intramolecular Hbond substituents is 1. The molecule has 1 aromatic carbocycles. The third-order valence-electron chi connectivity index (χ3n) is 2.58. The van der Waals surface area contributed by atoms with E-state index in [-0.39, 0.29) is 15.9 Å². The molecule has 90 valence electrons. The number of benzene rings is 1. The number of fused-ring (bicyclic) bond motifs is 1. The monoisotopic (exact) mass is 236 g/mol. The lowest BCUT2D eigenvalue weighted by Gasteiger charge is -2.10. The predicted octanol–water partition coefficient (Wildman–Crippen LogP) is 0.516. The molecule has 6 nitrogen and oxygen atoms in total. The largest absolute Gasteiger partial charge is 0.507 e. The molecule has 2 aromatic rings. The second-order valence-corrected chi connectivity index (χ2v) is 3.72. The summed E-state index contributed by atoms with van der Waals surface area (Å²) in [5.41, 5.74) is -1.38. The SMILES string of the molecule is CCCn1c(=O)n(O)c(=O)c2c(O)cccc21. The molecule has 1 heterocycles. The molecule has 0 radical (unpaired) electrons. The van der Waals surface area contributed by atoms with E-state index in [1.165, 1.54) is 10.6 Å². The number of rotatable bonds is 2. The van der Waals surface area contributed by atoms with Crippen molar-refractivity contribution < 1.29 is 10.3 Å². The van der Waals surface area contributed by atoms with Gasteiger partial charge in [-0.15, -0.1) is 0 Å². The Balaban J connectivity index is 3.04. The molecule has 0 saturated heterocycles. The molecule has 0 aliphatic rings. The van der Waals surface area contributed by atoms with Crippen molar-refractivity contribution in [1.29, 1.82) is 0 Å². The van der Waals surface area contributed by atoms with Crippen LogP contribution in [0.1, 0.15) is 13.3 Å². The number of aromatic hydroxyl groups is 1. The van der Waals surface area contributed by atoms with Crippen molar-refractivity contribution in [1.82, 2.24) is 9.30 Å². The van der Waals surface area contributed by atoms with Crippen LogP contribution < -0.4 is 11.2 Å². The molecule has 0 atom stereocenters. The van der Waals surface area contributed by atoms with Crippen LogP contribution in [0, 0.1) is 0 Å². The number of phenols is 1. The number of hydrogen-bond acceptors (Lipinski definition) is 4. The first-order valence-corrected chi connectivity index (χ1v) is 5.24. The van der Waals surface area contributed by atoms with E-state index < -0.39 is 11.2 Å². The van der Waals surface area contributed by atoms with Gasteiger partial charge in [0.25, 0.3) is 0 Å². The molecule has 17 heavy (non-hydrogen) atoms. The maximum absolute atomic E-state index is 11.7. The van der Waals surface area contributed by atoms with Gasteiger partial charge in [0.1, 0.15) is 11.1 Å². The van der Waals surface area contributed by atoms with Crippen LogP contribution in [-0.4, -0.2) is 19.6 Å². The summed E-state index contributed by atoms with van der Waals surface area (Å²) in [5, 5.41) is 19.0. The highest BCUT2D eigenvalue weighted by Gasteiger charge is 2.14. The Morgan fingerprint density at radius 2 is 2.00 bits per heavy atom. The fourth-order valence-electron chi connectivity index (χ4n) is 1.82. The first-order chi connectivity index (χ1) is 8.07. The summed E-state index contributed by atoms with van der Waals surface area (Å²) in [6, 6.07) is 4.45. The lowest BCUT2D eigenvalue weighted by molar-refractivity contribution is 0.157. The molecule has 6 heteroatoms. The van der Waals surface area contributed by atoms with Gasteiger partial charge in [-0.05, 0) is 18.6 Å². The molecule has 0 aliphatic heterocycles. The van der Waals surface area contributed by atoms with E-state index in [4.69, 9.17) is 0 Å². The molecule has 0 aliphatic carbocycles. The molecule has 0 amide bonds. The van der Waals surface area contributed by atoms with Crippen LogP contribution >= 0.6 is 0 Å². The molecule has 0 unspecified atom stereocenters. The van der Waals surface area contributed by atoms with Crippen LogP contribution in [0.25, 0.3) is 10.9 Å². The summed E-state index contributed by atoms with van der Waals surface area (Å²) >= 11 is 0. The van der Waals surface area contributed by atoms with E-state index in [0.717, 1.165) is 0 Å². The summed E-state index contributed by atoms with van der Waals surface area (Å²) in [6.45, 7) is 2.23. The molecule has 0 bridgehead atoms. The summed E-state index contributed by atoms with van der Waals surface area (Å²) in [7, 11) is 0. The minimum atomic E-state index is -0.907. The second-order valence-electron chi connectivity index (χ2n) is 3.72. The summed E-state index contributed by atoms with van der Waals surface area (Å²) in [4.78, 5) is 23.4. The third kappa shape index (κ3) is 1.57. The number of hydrogen-bond donors (Lipinski definition) is 2. The van der Waals surface area contributed by atoms with Gasteiger partial charge in [-0.25, -0.2) is 4.79 Å². The van der Waals surface area contributed by atoms with Crippen LogP contribution in [0.3, 0.4) is 0 Å². The van der Waals surface area contributed by atoms with E-state index in [1.54, 1.807) is 12.1 Å². The summed E-state index contributed by atoms with van der Waals surface area (Å²) < 4.78 is 1.29. The number of nitrogens with zero attached hydrogens (tertiary/aromatic N) is 2. The van der Waals surface area contributed by atoms with Crippen molar-refractivity contribution in [2.24, 2.45) is 0 Å². The van der Waals surface area contributed by atoms with Gasteiger partial charge < -0.3 is 10.3 Å². The first-order valence-electron chi connectivity index (χ1n) is 5.24. The van der Waals surface area contributed by atoms with Gasteiger partial charge in [0.05, 0.1) is 5.52 Å². The van der Waals surface area contributed by atoms with Gasteiger partial charge in [-0.2, -0.15) is 0 Å². The minimum Gasteiger partial charge on any atom is -0.507 e. The smallest absolute Gasteiger partial charge is 0.364 e. The fourth-order valence-corrected chi connectivity index (χ4v) is 1.82. The highest BCUT2D eigenvalue weighted by Crippen LogP contribution is 2.19. The van der Waals surface area contributed by atoms with Crippen molar-refractivity contribution in [3.8, 4) is 5.75 Å². The van der Waals surface area contributed by atoms with Gasteiger partial charge in [0, 0.05) is 6.54 Å². The minimum absolute atomic E-state index is 0.0255. The molecule has 0 spiro atoms. The standard InChI is InChI=1S/C11H12N2O4/c1-2-6-12-7-4-3-5-8(14)9(7)10(15)13(17)11(12)16/h3-5,14,17H,2,6H2,1H3. The quantitative estimate of drug-likeness (QED) is 0.744. The topological polar surface area (TPSA) is 84.5 Å². The van der Waals surface area contributed by atoms with Gasteiger partial charge in [-0.1, -0.05) is 17.7 Å². The zero-order valence-corrected chi connectivity index (χ0v) is 9.25. The highest BCUT2D eigenvalue weighted by atomic mass is 16.5. The predicted molar refractivity (Wildman–Crippen MR) is 61.6 cm³/mol. The zero-order chi connectivity index (χ0) is 12.6. The summed E-state index contributed by atoms with van der Waals surface area (Å²) in [5.74, 6) is -0.250. The average Bonchev–Trinajstić information content (AvgIpc) is 2.31. The molecule has 0 saturated carbocycles. The van der Waals surface area contributed by atoms with Gasteiger partial charge in [-0.3, -0.25) is 9.36 Å². The van der Waals surface area contributed by atoms with Crippen LogP contribution in [0.2, 0.25) is 0 Å². The maximum Gasteiger partial charge on any atom is 0.364 e. The Bertz CT molecular complexity index is 684. The molecule has 2 rings (SSSR count). The van der Waals surface area contributed by atoms with Crippen molar-refractivity contribution in [3.05, 3.63) is 39.0 Å². The highest BCUT2D eigenvalue weighted by molar-refractivity contribution is 5.84. The lowest BCUT2D eigenvalue weighted by Crippen LogP contribution is -2.38. The number of aryl methyl sites for hydroxylation is 1. The Morgan fingerprint density at radius 3 is 2.65 bits per heavy atom. The van der Waals surface area contributed by atoms with Gasteiger partial charge in [0.15, 0.2) is 0 Å². The van der Waals surface area contributed by atoms with E-state index in [9.17, 15) is 19.9 Å². The Hall–Kier alpha value is -2.24. The Labute approximate surface area is 95.9 Å². The van der Waals surface area contributed by atoms with E-state index in [0.29, 0.717) is 18.5 Å². The first kappa shape index (κ1) is 11.3. The van der Waals surface area contributed by atoms with E-state index in [2.05, 4.69) is 0 Å². The molecular formula is C11H12N2O4. The fraction of sp³-hybridized carbons (Fsp3) is 0.273. The van der Waals surface area contributed by atoms with Crippen LogP contribution in [-0.2, 0) is 6.54 Å². The Morgan fingerprint density at radius 1 is 1.29 bits per heavy atom.